The van der Waals surface area contributed by atoms with Crippen LogP contribution in [0.15, 0.2) is 73.8 Å². The molecule has 0 N–H and O–H groups in total. The van der Waals surface area contributed by atoms with Crippen molar-refractivity contribution in [2.24, 2.45) is 0 Å². The van der Waals surface area contributed by atoms with Crippen LogP contribution in [-0.2, 0) is 8.85 Å². The molecule has 0 unspecified atom stereocenters. The summed E-state index contributed by atoms with van der Waals surface area (Å²) >= 11 is 0. The van der Waals surface area contributed by atoms with E-state index < -0.39 is 0 Å². The molecule has 0 aliphatic rings. The van der Waals surface area contributed by atoms with Gasteiger partial charge in [0.15, 0.2) is 0 Å². The van der Waals surface area contributed by atoms with Crippen LogP contribution in [0.4, 0.5) is 0 Å². The molecule has 2 aromatic rings. The second-order valence-corrected chi connectivity index (χ2v) is 5.34. The number of hydrogen-bond donors (Lipinski definition) is 0. The molecule has 0 atom stereocenters. The lowest BCUT2D eigenvalue weighted by Gasteiger charge is -2.08. The van der Waals surface area contributed by atoms with E-state index in [1.165, 1.54) is 0 Å². The van der Waals surface area contributed by atoms with Crippen molar-refractivity contribution in [2.45, 2.75) is 0 Å². The maximum atomic E-state index is 5.50. The van der Waals surface area contributed by atoms with Gasteiger partial charge in [0.25, 0.3) is 0 Å². The Hall–Kier alpha value is -1.94. The minimum absolute atomic E-state index is 0.0141. The van der Waals surface area contributed by atoms with Crippen molar-refractivity contribution in [3.8, 4) is 0 Å². The van der Waals surface area contributed by atoms with E-state index in [0.29, 0.717) is 13.2 Å². The van der Waals surface area contributed by atoms with Gasteiger partial charge < -0.3 is 8.85 Å². The largest absolute Gasteiger partial charge is 0.434 e. The fraction of sp³-hybridized carbons (Fsp3) is 0.111. The quantitative estimate of drug-likeness (QED) is 0.541. The maximum Gasteiger partial charge on any atom is 0.434 e. The molecule has 0 amide bonds. The summed E-state index contributed by atoms with van der Waals surface area (Å²) in [6.07, 6.45) is 0. The molecule has 106 valence electrons. The summed E-state index contributed by atoms with van der Waals surface area (Å²) in [6, 6.07) is 20.0. The smallest absolute Gasteiger partial charge is 0.388 e. The van der Waals surface area contributed by atoms with Crippen LogP contribution in [0.5, 0.6) is 0 Å². The van der Waals surface area contributed by atoms with Crippen LogP contribution >= 0.6 is 0 Å². The lowest BCUT2D eigenvalue weighted by atomic mass is 10.1. The minimum Gasteiger partial charge on any atom is -0.388 e. The molecule has 21 heavy (non-hydrogen) atoms. The molecule has 0 aliphatic heterocycles. The van der Waals surface area contributed by atoms with Crippen LogP contribution in [0.25, 0.3) is 11.1 Å². The molecule has 2 aromatic carbocycles. The first-order valence-corrected chi connectivity index (χ1v) is 7.54. The molecular formula is C18H18O2Si. The van der Waals surface area contributed by atoms with Crippen molar-refractivity contribution >= 4 is 21.2 Å². The van der Waals surface area contributed by atoms with Gasteiger partial charge in [-0.1, -0.05) is 73.8 Å². The summed E-state index contributed by atoms with van der Waals surface area (Å²) in [6.45, 7) is 8.97. The van der Waals surface area contributed by atoms with Crippen molar-refractivity contribution < 1.29 is 8.85 Å². The Morgan fingerprint density at radius 1 is 0.714 bits per heavy atom. The third kappa shape index (κ3) is 5.15. The molecule has 0 heterocycles. The standard InChI is InChI=1S/C18H18O2Si/c1-15(17-9-5-3-6-10-17)13-19-21-20-14-16(2)18-11-7-4-8-12-18/h3-12H,1-2,13-14H2. The van der Waals surface area contributed by atoms with E-state index in [2.05, 4.69) is 13.2 Å². The van der Waals surface area contributed by atoms with Gasteiger partial charge in [0.1, 0.15) is 0 Å². The number of rotatable bonds is 8. The summed E-state index contributed by atoms with van der Waals surface area (Å²) in [4.78, 5) is 0. The van der Waals surface area contributed by atoms with Gasteiger partial charge in [-0.05, 0) is 22.3 Å². The van der Waals surface area contributed by atoms with Crippen molar-refractivity contribution in [3.63, 3.8) is 0 Å². The molecule has 2 rings (SSSR count). The highest BCUT2D eigenvalue weighted by Gasteiger charge is 2.02. The van der Waals surface area contributed by atoms with Gasteiger partial charge in [-0.2, -0.15) is 0 Å². The Bertz CT molecular complexity index is 525. The van der Waals surface area contributed by atoms with E-state index in [9.17, 15) is 0 Å². The Morgan fingerprint density at radius 2 is 1.10 bits per heavy atom. The summed E-state index contributed by atoms with van der Waals surface area (Å²) in [5.74, 6) is 0. The van der Waals surface area contributed by atoms with E-state index in [1.807, 2.05) is 60.7 Å². The van der Waals surface area contributed by atoms with Crippen LogP contribution in [-0.4, -0.2) is 23.2 Å². The first-order valence-electron chi connectivity index (χ1n) is 6.72. The van der Waals surface area contributed by atoms with E-state index >= 15 is 0 Å². The molecule has 0 bridgehead atoms. The second-order valence-electron chi connectivity index (χ2n) is 4.60. The highest BCUT2D eigenvalue weighted by Crippen LogP contribution is 2.13. The van der Waals surface area contributed by atoms with Gasteiger partial charge in [0, 0.05) is 0 Å². The van der Waals surface area contributed by atoms with E-state index in [-0.39, 0.29) is 10.0 Å². The predicted octanol–water partition coefficient (Wildman–Crippen LogP) is 3.98. The molecule has 0 aliphatic carbocycles. The molecule has 0 saturated carbocycles. The van der Waals surface area contributed by atoms with E-state index in [4.69, 9.17) is 8.85 Å². The van der Waals surface area contributed by atoms with Crippen molar-refractivity contribution in [1.29, 1.82) is 0 Å². The van der Waals surface area contributed by atoms with Gasteiger partial charge in [-0.25, -0.2) is 0 Å². The van der Waals surface area contributed by atoms with Gasteiger partial charge in [0.2, 0.25) is 0 Å². The number of hydrogen-bond acceptors (Lipinski definition) is 2. The molecule has 0 aromatic heterocycles. The molecule has 0 spiro atoms. The summed E-state index contributed by atoms with van der Waals surface area (Å²) in [5, 5.41) is 0. The molecular weight excluding hydrogens is 276 g/mol. The fourth-order valence-corrected chi connectivity index (χ4v) is 2.34. The maximum absolute atomic E-state index is 5.50. The number of benzene rings is 2. The highest BCUT2D eigenvalue weighted by molar-refractivity contribution is 6.18. The zero-order valence-electron chi connectivity index (χ0n) is 11.9. The average molecular weight is 294 g/mol. The fourth-order valence-electron chi connectivity index (χ4n) is 1.79. The third-order valence-corrected chi connectivity index (χ3v) is 3.50. The first kappa shape index (κ1) is 15.4. The molecule has 2 nitrogen and oxygen atoms in total. The summed E-state index contributed by atoms with van der Waals surface area (Å²) < 4.78 is 11.0. The second kappa shape index (κ2) is 8.37. The Labute approximate surface area is 128 Å². The van der Waals surface area contributed by atoms with Gasteiger partial charge in [-0.15, -0.1) is 0 Å². The van der Waals surface area contributed by atoms with Crippen LogP contribution in [0.2, 0.25) is 0 Å². The zero-order valence-corrected chi connectivity index (χ0v) is 12.9. The average Bonchev–Trinajstić information content (AvgIpc) is 2.55. The minimum atomic E-state index is -0.0141. The molecule has 3 heteroatoms. The first-order chi connectivity index (χ1) is 10.3. The van der Waals surface area contributed by atoms with E-state index in [1.54, 1.807) is 0 Å². The Kier molecular flexibility index (Phi) is 6.15. The van der Waals surface area contributed by atoms with Crippen molar-refractivity contribution in [3.05, 3.63) is 84.9 Å². The lowest BCUT2D eigenvalue weighted by Crippen LogP contribution is -2.08. The van der Waals surface area contributed by atoms with Crippen molar-refractivity contribution in [2.75, 3.05) is 13.2 Å². The SMILES string of the molecule is C=C(CO[Si]OCC(=C)c1ccccc1)c1ccccc1. The van der Waals surface area contributed by atoms with Gasteiger partial charge in [0.05, 0.1) is 13.2 Å². The van der Waals surface area contributed by atoms with Crippen LogP contribution in [0.1, 0.15) is 11.1 Å². The molecule has 2 radical (unpaired) electrons. The Morgan fingerprint density at radius 3 is 1.48 bits per heavy atom. The lowest BCUT2D eigenvalue weighted by molar-refractivity contribution is 0.267. The normalized spacial score (nSPS) is 10.3. The summed E-state index contributed by atoms with van der Waals surface area (Å²) in [7, 11) is -0.0141. The summed E-state index contributed by atoms with van der Waals surface area (Å²) in [5.41, 5.74) is 4.09. The Balaban J connectivity index is 1.64. The molecule has 0 fully saturated rings. The third-order valence-electron chi connectivity index (χ3n) is 2.97. The zero-order chi connectivity index (χ0) is 14.9. The monoisotopic (exact) mass is 294 g/mol. The van der Waals surface area contributed by atoms with Crippen molar-refractivity contribution in [1.82, 2.24) is 0 Å². The van der Waals surface area contributed by atoms with Crippen LogP contribution in [0.3, 0.4) is 0 Å². The highest BCUT2D eigenvalue weighted by atomic mass is 28.3. The van der Waals surface area contributed by atoms with Crippen LogP contribution in [0, 0.1) is 0 Å². The van der Waals surface area contributed by atoms with Gasteiger partial charge >= 0.3 is 10.0 Å². The van der Waals surface area contributed by atoms with E-state index in [0.717, 1.165) is 22.3 Å². The topological polar surface area (TPSA) is 18.5 Å². The van der Waals surface area contributed by atoms with Gasteiger partial charge in [-0.3, -0.25) is 0 Å². The predicted molar refractivity (Wildman–Crippen MR) is 88.6 cm³/mol. The van der Waals surface area contributed by atoms with Crippen LogP contribution < -0.4 is 0 Å². The molecule has 0 saturated heterocycles.